The molecule has 1 saturated carbocycles. The van der Waals surface area contributed by atoms with Crippen LogP contribution < -0.4 is 4.74 Å². The fraction of sp³-hybridized carbons (Fsp3) is 0.348. The molecule has 0 saturated heterocycles. The zero-order chi connectivity index (χ0) is 19.5. The monoisotopic (exact) mass is 366 g/mol. The van der Waals surface area contributed by atoms with E-state index in [-0.39, 0.29) is 24.6 Å². The predicted octanol–water partition coefficient (Wildman–Crippen LogP) is 4.88. The van der Waals surface area contributed by atoms with E-state index in [1.165, 1.54) is 0 Å². The first-order chi connectivity index (χ1) is 12.9. The molecular formula is C23H26O4. The third-order valence-corrected chi connectivity index (χ3v) is 5.16. The van der Waals surface area contributed by atoms with Crippen LogP contribution >= 0.6 is 0 Å². The first-order valence-corrected chi connectivity index (χ1v) is 9.15. The maximum Gasteiger partial charge on any atom is 0.316 e. The van der Waals surface area contributed by atoms with E-state index in [1.54, 1.807) is 0 Å². The Balaban J connectivity index is 1.66. The van der Waals surface area contributed by atoms with Crippen LogP contribution in [0.4, 0.5) is 0 Å². The van der Waals surface area contributed by atoms with Gasteiger partial charge in [-0.1, -0.05) is 55.8 Å². The number of para-hydroxylation sites is 1. The van der Waals surface area contributed by atoms with Gasteiger partial charge in [0.2, 0.25) is 0 Å². The third kappa shape index (κ3) is 4.22. The van der Waals surface area contributed by atoms with Crippen molar-refractivity contribution in [2.24, 2.45) is 10.8 Å². The molecule has 0 amide bonds. The number of carbonyl (C=O) groups excluding carboxylic acids is 1. The van der Waals surface area contributed by atoms with Crippen LogP contribution in [0.2, 0.25) is 0 Å². The summed E-state index contributed by atoms with van der Waals surface area (Å²) >= 11 is 0. The van der Waals surface area contributed by atoms with Gasteiger partial charge in [0.15, 0.2) is 0 Å². The van der Waals surface area contributed by atoms with Gasteiger partial charge < -0.3 is 14.6 Å². The lowest BCUT2D eigenvalue weighted by Gasteiger charge is -2.17. The SMILES string of the molecule is CC(=CC1(C(=O)OCc2cccc(Oc3ccccc3)c2)CC1(C)C)CO. The highest BCUT2D eigenvalue weighted by atomic mass is 16.5. The Bertz CT molecular complexity index is 838. The summed E-state index contributed by atoms with van der Waals surface area (Å²) in [5.41, 5.74) is 0.862. The van der Waals surface area contributed by atoms with Crippen LogP contribution in [0.3, 0.4) is 0 Å². The minimum Gasteiger partial charge on any atom is -0.460 e. The lowest BCUT2D eigenvalue weighted by Crippen LogP contribution is -2.22. The van der Waals surface area contributed by atoms with Crippen LogP contribution in [0, 0.1) is 10.8 Å². The number of carbonyl (C=O) groups is 1. The maximum absolute atomic E-state index is 12.8. The van der Waals surface area contributed by atoms with Gasteiger partial charge in [-0.2, -0.15) is 0 Å². The summed E-state index contributed by atoms with van der Waals surface area (Å²) in [6, 6.07) is 17.1. The highest BCUT2D eigenvalue weighted by Crippen LogP contribution is 2.65. The summed E-state index contributed by atoms with van der Waals surface area (Å²) in [5.74, 6) is 1.22. The summed E-state index contributed by atoms with van der Waals surface area (Å²) in [6.07, 6.45) is 2.59. The maximum atomic E-state index is 12.8. The molecule has 1 fully saturated rings. The van der Waals surface area contributed by atoms with E-state index in [0.29, 0.717) is 5.75 Å². The second-order valence-corrected chi connectivity index (χ2v) is 7.82. The number of rotatable bonds is 7. The Morgan fingerprint density at radius 2 is 1.78 bits per heavy atom. The molecule has 0 bridgehead atoms. The molecule has 4 heteroatoms. The lowest BCUT2D eigenvalue weighted by molar-refractivity contribution is -0.150. The third-order valence-electron chi connectivity index (χ3n) is 5.16. The van der Waals surface area contributed by atoms with E-state index in [2.05, 4.69) is 0 Å². The number of ether oxygens (including phenoxy) is 2. The second-order valence-electron chi connectivity index (χ2n) is 7.82. The van der Waals surface area contributed by atoms with Gasteiger partial charge in [-0.15, -0.1) is 0 Å². The van der Waals surface area contributed by atoms with Gasteiger partial charge >= 0.3 is 5.97 Å². The Morgan fingerprint density at radius 3 is 2.41 bits per heavy atom. The van der Waals surface area contributed by atoms with Crippen molar-refractivity contribution in [1.82, 2.24) is 0 Å². The normalized spacial score (nSPS) is 20.8. The zero-order valence-electron chi connectivity index (χ0n) is 16.1. The molecule has 1 aliphatic rings. The minimum atomic E-state index is -0.641. The average molecular weight is 366 g/mol. The van der Waals surface area contributed by atoms with Crippen molar-refractivity contribution in [3.63, 3.8) is 0 Å². The smallest absolute Gasteiger partial charge is 0.316 e. The molecule has 0 aromatic heterocycles. The van der Waals surface area contributed by atoms with Crippen LogP contribution in [-0.4, -0.2) is 17.7 Å². The fourth-order valence-electron chi connectivity index (χ4n) is 3.37. The molecule has 1 unspecified atom stereocenters. The molecular weight excluding hydrogens is 340 g/mol. The van der Waals surface area contributed by atoms with Gasteiger partial charge in [-0.05, 0) is 48.6 Å². The number of hydrogen-bond donors (Lipinski definition) is 1. The summed E-state index contributed by atoms with van der Waals surface area (Å²) in [5, 5.41) is 9.30. The van der Waals surface area contributed by atoms with Crippen molar-refractivity contribution >= 4 is 5.97 Å². The molecule has 0 radical (unpaired) electrons. The number of esters is 1. The van der Waals surface area contributed by atoms with Gasteiger partial charge in [0, 0.05) is 0 Å². The molecule has 2 aromatic rings. The molecule has 1 atom stereocenters. The largest absolute Gasteiger partial charge is 0.460 e. The van der Waals surface area contributed by atoms with Gasteiger partial charge in [0.1, 0.15) is 18.1 Å². The zero-order valence-corrected chi connectivity index (χ0v) is 16.1. The fourth-order valence-corrected chi connectivity index (χ4v) is 3.37. The molecule has 3 rings (SSSR count). The molecule has 4 nitrogen and oxygen atoms in total. The molecule has 0 aliphatic heterocycles. The van der Waals surface area contributed by atoms with Crippen molar-refractivity contribution in [2.75, 3.05) is 6.61 Å². The van der Waals surface area contributed by atoms with E-state index in [4.69, 9.17) is 9.47 Å². The Hall–Kier alpha value is -2.59. The van der Waals surface area contributed by atoms with Crippen molar-refractivity contribution in [3.8, 4) is 11.5 Å². The average Bonchev–Trinajstić information content (AvgIpc) is 3.22. The van der Waals surface area contributed by atoms with Crippen LogP contribution in [0.25, 0.3) is 0 Å². The first-order valence-electron chi connectivity index (χ1n) is 9.15. The Morgan fingerprint density at radius 1 is 1.11 bits per heavy atom. The van der Waals surface area contributed by atoms with Crippen LogP contribution in [0.15, 0.2) is 66.2 Å². The molecule has 0 heterocycles. The second kappa shape index (κ2) is 7.57. The lowest BCUT2D eigenvalue weighted by atomic mass is 9.93. The topological polar surface area (TPSA) is 55.8 Å². The molecule has 0 spiro atoms. The Labute approximate surface area is 160 Å². The van der Waals surface area contributed by atoms with Crippen molar-refractivity contribution in [1.29, 1.82) is 0 Å². The quantitative estimate of drug-likeness (QED) is 0.561. The number of hydrogen-bond acceptors (Lipinski definition) is 4. The van der Waals surface area contributed by atoms with Crippen molar-refractivity contribution in [2.45, 2.75) is 33.8 Å². The van der Waals surface area contributed by atoms with Crippen LogP contribution in [0.1, 0.15) is 32.8 Å². The number of benzene rings is 2. The van der Waals surface area contributed by atoms with Gasteiger partial charge in [0.05, 0.1) is 12.0 Å². The summed E-state index contributed by atoms with van der Waals surface area (Å²) < 4.78 is 11.4. The van der Waals surface area contributed by atoms with E-state index >= 15 is 0 Å². The van der Waals surface area contributed by atoms with Gasteiger partial charge in [-0.3, -0.25) is 4.79 Å². The van der Waals surface area contributed by atoms with E-state index < -0.39 is 5.41 Å². The van der Waals surface area contributed by atoms with Gasteiger partial charge in [0.25, 0.3) is 0 Å². The molecule has 27 heavy (non-hydrogen) atoms. The van der Waals surface area contributed by atoms with Crippen molar-refractivity contribution in [3.05, 3.63) is 71.8 Å². The first kappa shape index (κ1) is 19.2. The number of aliphatic hydroxyl groups excluding tert-OH is 1. The van der Waals surface area contributed by atoms with Crippen LogP contribution in [-0.2, 0) is 16.1 Å². The highest BCUT2D eigenvalue weighted by Gasteiger charge is 2.66. The summed E-state index contributed by atoms with van der Waals surface area (Å²) in [4.78, 5) is 12.8. The van der Waals surface area contributed by atoms with E-state index in [9.17, 15) is 9.90 Å². The van der Waals surface area contributed by atoms with E-state index in [1.807, 2.05) is 81.4 Å². The predicted molar refractivity (Wildman–Crippen MR) is 104 cm³/mol. The summed E-state index contributed by atoms with van der Waals surface area (Å²) in [6.45, 7) is 6.06. The summed E-state index contributed by atoms with van der Waals surface area (Å²) in [7, 11) is 0. The van der Waals surface area contributed by atoms with E-state index in [0.717, 1.165) is 23.3 Å². The molecule has 1 aliphatic carbocycles. The molecule has 1 N–H and O–H groups in total. The van der Waals surface area contributed by atoms with Gasteiger partial charge in [-0.25, -0.2) is 0 Å². The standard InChI is InChI=1S/C23H26O4/c1-17(14-24)13-23(16-22(23,2)3)21(25)26-15-18-8-7-11-20(12-18)27-19-9-5-4-6-10-19/h4-13,24H,14-16H2,1-3H3. The van der Waals surface area contributed by atoms with Crippen LogP contribution in [0.5, 0.6) is 11.5 Å². The Kier molecular flexibility index (Phi) is 5.38. The molecule has 2 aromatic carbocycles. The molecule has 142 valence electrons. The minimum absolute atomic E-state index is 0.0516. The van der Waals surface area contributed by atoms with Crippen molar-refractivity contribution < 1.29 is 19.4 Å². The highest BCUT2D eigenvalue weighted by molar-refractivity contribution is 5.84. The number of aliphatic hydroxyl groups is 1.